The number of hydrogen-bond acceptors (Lipinski definition) is 3. The summed E-state index contributed by atoms with van der Waals surface area (Å²) in [6, 6.07) is 3.56. The molecule has 0 aromatic heterocycles. The molecule has 4 atom stereocenters. The van der Waals surface area contributed by atoms with E-state index in [1.165, 1.54) is 26.1 Å². The van der Waals surface area contributed by atoms with E-state index in [4.69, 9.17) is 4.84 Å². The summed E-state index contributed by atoms with van der Waals surface area (Å²) in [6.07, 6.45) is -9.36. The van der Waals surface area contributed by atoms with Crippen LogP contribution in [0.1, 0.15) is 60.2 Å². The van der Waals surface area contributed by atoms with Crippen LogP contribution in [-0.4, -0.2) is 54.2 Å². The van der Waals surface area contributed by atoms with Gasteiger partial charge in [0.05, 0.1) is 29.8 Å². The zero-order valence-electron chi connectivity index (χ0n) is 22.6. The molecule has 2 amide bonds. The van der Waals surface area contributed by atoms with E-state index in [0.29, 0.717) is 50.4 Å². The maximum Gasteiger partial charge on any atom is 0.416 e. The molecular formula is C28H32F7N3O2. The second kappa shape index (κ2) is 11.2. The first-order chi connectivity index (χ1) is 18.6. The fourth-order valence-electron chi connectivity index (χ4n) is 5.88. The summed E-state index contributed by atoms with van der Waals surface area (Å²) in [7, 11) is 1.36. The Morgan fingerprint density at radius 3 is 2.23 bits per heavy atom. The number of nitrogens with zero attached hydrogens (tertiary/aromatic N) is 3. The van der Waals surface area contributed by atoms with Crippen LogP contribution in [0.3, 0.4) is 0 Å². The lowest BCUT2D eigenvalue weighted by Crippen LogP contribution is -2.51. The molecule has 2 aliphatic heterocycles. The van der Waals surface area contributed by atoms with Gasteiger partial charge in [0.25, 0.3) is 0 Å². The highest BCUT2D eigenvalue weighted by molar-refractivity contribution is 5.75. The number of likely N-dealkylation sites (tertiary alicyclic amines) is 1. The van der Waals surface area contributed by atoms with Crippen LogP contribution in [0.15, 0.2) is 36.4 Å². The maximum absolute atomic E-state index is 14.0. The molecular weight excluding hydrogens is 543 g/mol. The molecule has 3 unspecified atom stereocenters. The van der Waals surface area contributed by atoms with Crippen molar-refractivity contribution in [1.82, 2.24) is 14.9 Å². The van der Waals surface area contributed by atoms with Gasteiger partial charge in [0.15, 0.2) is 0 Å². The Balaban J connectivity index is 1.69. The van der Waals surface area contributed by atoms with Crippen molar-refractivity contribution in [2.75, 3.05) is 33.3 Å². The summed E-state index contributed by atoms with van der Waals surface area (Å²) in [6.45, 7) is 6.97. The van der Waals surface area contributed by atoms with Gasteiger partial charge >= 0.3 is 18.4 Å². The van der Waals surface area contributed by atoms with E-state index >= 15 is 0 Å². The Labute approximate surface area is 228 Å². The van der Waals surface area contributed by atoms with Crippen molar-refractivity contribution in [2.24, 2.45) is 11.8 Å². The Morgan fingerprint density at radius 1 is 1.05 bits per heavy atom. The molecule has 40 heavy (non-hydrogen) atoms. The van der Waals surface area contributed by atoms with E-state index in [1.807, 2.05) is 12.0 Å². The van der Waals surface area contributed by atoms with Crippen molar-refractivity contribution < 1.29 is 40.4 Å². The standard InChI is InChI=1S/C28H32F7N3O2/c1-5-40-37-14-18-8-9-38(25(24(18)15-37)23-7-6-22(29)10-16(23)2)26(39)36(4)17(3)19-11-20(27(30,31)32)13-21(12-19)28(33,34)35/h6-7,10-13,17-18,24-25H,5,8-9,14-15H2,1-4H3/t17?,18?,24-,25?/m1/s1. The van der Waals surface area contributed by atoms with Crippen molar-refractivity contribution in [3.05, 3.63) is 70.0 Å². The fourth-order valence-corrected chi connectivity index (χ4v) is 5.88. The number of urea groups is 1. The third kappa shape index (κ3) is 6.07. The van der Waals surface area contributed by atoms with Crippen molar-refractivity contribution in [2.45, 2.75) is 51.6 Å². The van der Waals surface area contributed by atoms with Gasteiger partial charge in [-0.3, -0.25) is 4.84 Å². The van der Waals surface area contributed by atoms with Crippen molar-refractivity contribution in [3.63, 3.8) is 0 Å². The average Bonchev–Trinajstić information content (AvgIpc) is 3.29. The number of carbonyl (C=O) groups is 1. The number of hydrogen-bond donors (Lipinski definition) is 0. The van der Waals surface area contributed by atoms with Gasteiger partial charge < -0.3 is 9.80 Å². The van der Waals surface area contributed by atoms with Gasteiger partial charge in [-0.25, -0.2) is 9.18 Å². The fraction of sp³-hybridized carbons (Fsp3) is 0.536. The number of benzene rings is 2. The Bertz CT molecular complexity index is 1200. The first kappa shape index (κ1) is 30.1. The molecule has 220 valence electrons. The lowest BCUT2D eigenvalue weighted by atomic mass is 9.78. The topological polar surface area (TPSA) is 36.0 Å². The lowest BCUT2D eigenvalue weighted by Gasteiger charge is -2.45. The van der Waals surface area contributed by atoms with E-state index < -0.39 is 47.4 Å². The monoisotopic (exact) mass is 575 g/mol. The molecule has 2 fully saturated rings. The molecule has 5 nitrogen and oxygen atoms in total. The van der Waals surface area contributed by atoms with E-state index in [9.17, 15) is 35.5 Å². The van der Waals surface area contributed by atoms with Gasteiger partial charge in [-0.1, -0.05) is 6.07 Å². The van der Waals surface area contributed by atoms with Gasteiger partial charge in [0, 0.05) is 32.6 Å². The third-order valence-electron chi connectivity index (χ3n) is 8.02. The lowest BCUT2D eigenvalue weighted by molar-refractivity contribution is -0.143. The van der Waals surface area contributed by atoms with Crippen molar-refractivity contribution in [3.8, 4) is 0 Å². The minimum atomic E-state index is -5.00. The molecule has 0 aliphatic carbocycles. The minimum absolute atomic E-state index is 0.0671. The normalized spacial score (nSPS) is 22.8. The number of alkyl halides is 6. The molecule has 12 heteroatoms. The van der Waals surface area contributed by atoms with Gasteiger partial charge in [0.1, 0.15) is 5.82 Å². The number of carbonyl (C=O) groups excluding carboxylic acids is 1. The van der Waals surface area contributed by atoms with Gasteiger partial charge in [-0.15, -0.1) is 0 Å². The first-order valence-electron chi connectivity index (χ1n) is 13.1. The zero-order valence-corrected chi connectivity index (χ0v) is 22.6. The summed E-state index contributed by atoms with van der Waals surface area (Å²) in [4.78, 5) is 22.4. The second-order valence-electron chi connectivity index (χ2n) is 10.5. The van der Waals surface area contributed by atoms with Crippen LogP contribution >= 0.6 is 0 Å². The molecule has 0 spiro atoms. The Hall–Kier alpha value is -2.86. The predicted octanol–water partition coefficient (Wildman–Crippen LogP) is 7.23. The molecule has 2 saturated heterocycles. The molecule has 2 aromatic rings. The highest BCUT2D eigenvalue weighted by Gasteiger charge is 2.47. The molecule has 0 bridgehead atoms. The molecule has 0 N–H and O–H groups in total. The molecule has 2 aliphatic rings. The van der Waals surface area contributed by atoms with Crippen LogP contribution in [0.4, 0.5) is 35.5 Å². The number of aryl methyl sites for hydroxylation is 1. The van der Waals surface area contributed by atoms with Gasteiger partial charge in [0.2, 0.25) is 0 Å². The van der Waals surface area contributed by atoms with Gasteiger partial charge in [-0.2, -0.15) is 31.4 Å². The summed E-state index contributed by atoms with van der Waals surface area (Å²) in [5.41, 5.74) is -1.78. The van der Waals surface area contributed by atoms with Crippen LogP contribution in [0.25, 0.3) is 0 Å². The predicted molar refractivity (Wildman–Crippen MR) is 133 cm³/mol. The highest BCUT2D eigenvalue weighted by Crippen LogP contribution is 2.46. The highest BCUT2D eigenvalue weighted by atomic mass is 19.4. The average molecular weight is 576 g/mol. The van der Waals surface area contributed by atoms with E-state index in [0.717, 1.165) is 10.5 Å². The molecule has 2 aromatic carbocycles. The third-order valence-corrected chi connectivity index (χ3v) is 8.02. The molecule has 0 radical (unpaired) electrons. The number of rotatable bonds is 5. The summed E-state index contributed by atoms with van der Waals surface area (Å²) >= 11 is 0. The number of halogens is 7. The van der Waals surface area contributed by atoms with E-state index in [2.05, 4.69) is 0 Å². The molecule has 0 saturated carbocycles. The second-order valence-corrected chi connectivity index (χ2v) is 10.5. The number of piperidine rings is 1. The van der Waals surface area contributed by atoms with Gasteiger partial charge in [-0.05, 0) is 80.1 Å². The van der Waals surface area contributed by atoms with Crippen molar-refractivity contribution >= 4 is 6.03 Å². The minimum Gasteiger partial charge on any atom is -0.321 e. The van der Waals surface area contributed by atoms with E-state index in [-0.39, 0.29) is 23.5 Å². The Kier molecular flexibility index (Phi) is 8.43. The van der Waals surface area contributed by atoms with Crippen molar-refractivity contribution in [1.29, 1.82) is 0 Å². The van der Waals surface area contributed by atoms with Crippen LogP contribution < -0.4 is 0 Å². The summed E-state index contributed by atoms with van der Waals surface area (Å²) < 4.78 is 94.8. The van der Waals surface area contributed by atoms with E-state index in [1.54, 1.807) is 17.9 Å². The number of hydroxylamine groups is 2. The quantitative estimate of drug-likeness (QED) is 0.353. The Morgan fingerprint density at radius 2 is 1.68 bits per heavy atom. The number of amides is 2. The SMILES string of the molecule is CCON1CC2CCN(C(=O)N(C)C(C)c3cc(C(F)(F)F)cc(C(F)(F)F)c3)C(c3ccc(F)cc3C)[C@@H]2C1. The van der Waals surface area contributed by atoms with Crippen LogP contribution in [0, 0.1) is 24.6 Å². The summed E-state index contributed by atoms with van der Waals surface area (Å²) in [5, 5.41) is 1.85. The largest absolute Gasteiger partial charge is 0.416 e. The van der Waals surface area contributed by atoms with Crippen LogP contribution in [-0.2, 0) is 17.2 Å². The zero-order chi connectivity index (χ0) is 29.6. The number of fused-ring (bicyclic) bond motifs is 1. The molecule has 2 heterocycles. The smallest absolute Gasteiger partial charge is 0.321 e. The summed E-state index contributed by atoms with van der Waals surface area (Å²) in [5.74, 6) is -0.308. The molecule has 4 rings (SSSR count). The van der Waals surface area contributed by atoms with Crippen LogP contribution in [0.2, 0.25) is 0 Å². The first-order valence-corrected chi connectivity index (χ1v) is 13.1. The van der Waals surface area contributed by atoms with Crippen LogP contribution in [0.5, 0.6) is 0 Å². The maximum atomic E-state index is 14.0.